The fourth-order valence-electron chi connectivity index (χ4n) is 2.65. The standard InChI is InChI=1S/C14H14BrN5O/c15-10-1-2-11-12(7-10)20-13(8-16-11)17-18-14(20)9-19-3-5-21-6-4-19/h1-2,7-8H,3-6,9H2. The molecule has 1 aliphatic heterocycles. The Morgan fingerprint density at radius 2 is 2.05 bits per heavy atom. The van der Waals surface area contributed by atoms with Crippen molar-refractivity contribution in [3.8, 4) is 0 Å². The molecule has 3 aromatic rings. The van der Waals surface area contributed by atoms with Crippen molar-refractivity contribution in [1.29, 1.82) is 0 Å². The molecule has 1 aliphatic rings. The molecule has 7 heteroatoms. The third kappa shape index (κ3) is 2.41. The van der Waals surface area contributed by atoms with E-state index in [9.17, 15) is 0 Å². The first-order valence-corrected chi connectivity index (χ1v) is 7.69. The highest BCUT2D eigenvalue weighted by Crippen LogP contribution is 2.20. The van der Waals surface area contributed by atoms with Crippen molar-refractivity contribution in [2.75, 3.05) is 26.3 Å². The summed E-state index contributed by atoms with van der Waals surface area (Å²) in [5.41, 5.74) is 2.74. The molecule has 0 unspecified atom stereocenters. The maximum absolute atomic E-state index is 5.39. The molecule has 2 aromatic heterocycles. The third-order valence-corrected chi connectivity index (χ3v) is 4.21. The monoisotopic (exact) mass is 347 g/mol. The number of hydrogen-bond acceptors (Lipinski definition) is 5. The van der Waals surface area contributed by atoms with Crippen LogP contribution in [0.2, 0.25) is 0 Å². The number of benzene rings is 1. The average Bonchev–Trinajstić information content (AvgIpc) is 2.92. The SMILES string of the molecule is Brc1ccc2ncc3nnc(CN4CCOCC4)n3c2c1. The summed E-state index contributed by atoms with van der Waals surface area (Å²) in [7, 11) is 0. The molecule has 0 atom stereocenters. The molecule has 1 fully saturated rings. The molecule has 0 radical (unpaired) electrons. The summed E-state index contributed by atoms with van der Waals surface area (Å²) in [6.07, 6.45) is 1.77. The first kappa shape index (κ1) is 13.1. The second-order valence-electron chi connectivity index (χ2n) is 5.09. The number of aromatic nitrogens is 4. The van der Waals surface area contributed by atoms with Crippen LogP contribution in [0.1, 0.15) is 5.82 Å². The molecule has 4 rings (SSSR count). The molecule has 1 saturated heterocycles. The number of ether oxygens (including phenoxy) is 1. The second-order valence-corrected chi connectivity index (χ2v) is 6.01. The molecule has 108 valence electrons. The van der Waals surface area contributed by atoms with E-state index in [4.69, 9.17) is 4.74 Å². The minimum atomic E-state index is 0.774. The van der Waals surface area contributed by atoms with Crippen LogP contribution in [0.15, 0.2) is 28.9 Å². The first-order chi connectivity index (χ1) is 10.3. The zero-order valence-corrected chi connectivity index (χ0v) is 13.0. The lowest BCUT2D eigenvalue weighted by molar-refractivity contribution is 0.0329. The van der Waals surface area contributed by atoms with Crippen LogP contribution in [0.25, 0.3) is 16.7 Å². The fourth-order valence-corrected chi connectivity index (χ4v) is 3.00. The molecule has 3 heterocycles. The smallest absolute Gasteiger partial charge is 0.179 e. The Kier molecular flexibility index (Phi) is 3.33. The summed E-state index contributed by atoms with van der Waals surface area (Å²) >= 11 is 3.52. The van der Waals surface area contributed by atoms with E-state index in [1.165, 1.54) is 0 Å². The lowest BCUT2D eigenvalue weighted by Gasteiger charge is -2.25. The molecule has 0 aliphatic carbocycles. The van der Waals surface area contributed by atoms with E-state index in [0.717, 1.165) is 59.8 Å². The molecule has 6 nitrogen and oxygen atoms in total. The van der Waals surface area contributed by atoms with Gasteiger partial charge in [-0.3, -0.25) is 14.3 Å². The fraction of sp³-hybridized carbons (Fsp3) is 0.357. The summed E-state index contributed by atoms with van der Waals surface area (Å²) in [6, 6.07) is 6.05. The van der Waals surface area contributed by atoms with Gasteiger partial charge in [0.05, 0.1) is 37.0 Å². The average molecular weight is 348 g/mol. The zero-order valence-electron chi connectivity index (χ0n) is 11.4. The van der Waals surface area contributed by atoms with Gasteiger partial charge in [0.15, 0.2) is 11.5 Å². The molecular weight excluding hydrogens is 334 g/mol. The van der Waals surface area contributed by atoms with Gasteiger partial charge in [-0.15, -0.1) is 10.2 Å². The largest absolute Gasteiger partial charge is 0.379 e. The van der Waals surface area contributed by atoms with E-state index in [2.05, 4.69) is 46.5 Å². The predicted molar refractivity (Wildman–Crippen MR) is 82.1 cm³/mol. The minimum absolute atomic E-state index is 0.774. The Morgan fingerprint density at radius 3 is 2.90 bits per heavy atom. The predicted octanol–water partition coefficient (Wildman–Crippen LogP) is 1.87. The number of nitrogens with zero attached hydrogens (tertiary/aromatic N) is 5. The van der Waals surface area contributed by atoms with Gasteiger partial charge in [0.2, 0.25) is 0 Å². The van der Waals surface area contributed by atoms with Crippen LogP contribution in [-0.4, -0.2) is 50.8 Å². The van der Waals surface area contributed by atoms with Crippen molar-refractivity contribution in [2.45, 2.75) is 6.54 Å². The van der Waals surface area contributed by atoms with Crippen LogP contribution in [0.4, 0.5) is 0 Å². The molecule has 0 spiro atoms. The van der Waals surface area contributed by atoms with Gasteiger partial charge in [0.25, 0.3) is 0 Å². The van der Waals surface area contributed by atoms with Crippen LogP contribution in [0.3, 0.4) is 0 Å². The van der Waals surface area contributed by atoms with Gasteiger partial charge in [-0.2, -0.15) is 0 Å². The maximum Gasteiger partial charge on any atom is 0.179 e. The van der Waals surface area contributed by atoms with Crippen molar-refractivity contribution in [1.82, 2.24) is 24.5 Å². The topological polar surface area (TPSA) is 55.5 Å². The van der Waals surface area contributed by atoms with Gasteiger partial charge in [0, 0.05) is 17.6 Å². The number of morpholine rings is 1. The minimum Gasteiger partial charge on any atom is -0.379 e. The number of halogens is 1. The first-order valence-electron chi connectivity index (χ1n) is 6.90. The summed E-state index contributed by atoms with van der Waals surface area (Å²) in [5, 5.41) is 8.59. The third-order valence-electron chi connectivity index (χ3n) is 3.72. The molecular formula is C14H14BrN5O. The highest BCUT2D eigenvalue weighted by Gasteiger charge is 2.16. The summed E-state index contributed by atoms with van der Waals surface area (Å²) in [4.78, 5) is 6.77. The Labute approximate surface area is 129 Å². The Bertz CT molecular complexity index is 797. The lowest BCUT2D eigenvalue weighted by atomic mass is 10.3. The number of hydrogen-bond donors (Lipinski definition) is 0. The van der Waals surface area contributed by atoms with Crippen LogP contribution >= 0.6 is 15.9 Å². The molecule has 0 amide bonds. The maximum atomic E-state index is 5.39. The normalized spacial score (nSPS) is 16.8. The summed E-state index contributed by atoms with van der Waals surface area (Å²) < 4.78 is 8.50. The van der Waals surface area contributed by atoms with Crippen LogP contribution < -0.4 is 0 Å². The van der Waals surface area contributed by atoms with E-state index < -0.39 is 0 Å². The van der Waals surface area contributed by atoms with Crippen molar-refractivity contribution in [3.05, 3.63) is 34.7 Å². The van der Waals surface area contributed by atoms with E-state index in [1.807, 2.05) is 12.1 Å². The van der Waals surface area contributed by atoms with Crippen LogP contribution in [0.5, 0.6) is 0 Å². The molecule has 0 bridgehead atoms. The van der Waals surface area contributed by atoms with Crippen molar-refractivity contribution in [2.24, 2.45) is 0 Å². The van der Waals surface area contributed by atoms with Crippen LogP contribution in [0, 0.1) is 0 Å². The zero-order chi connectivity index (χ0) is 14.2. The molecule has 21 heavy (non-hydrogen) atoms. The Morgan fingerprint density at radius 1 is 1.19 bits per heavy atom. The second kappa shape index (κ2) is 5.32. The quantitative estimate of drug-likeness (QED) is 0.708. The molecule has 0 saturated carbocycles. The van der Waals surface area contributed by atoms with Crippen LogP contribution in [-0.2, 0) is 11.3 Å². The molecule has 0 N–H and O–H groups in total. The van der Waals surface area contributed by atoms with Gasteiger partial charge in [-0.1, -0.05) is 15.9 Å². The Balaban J connectivity index is 1.83. The van der Waals surface area contributed by atoms with Gasteiger partial charge in [-0.25, -0.2) is 0 Å². The van der Waals surface area contributed by atoms with Crippen molar-refractivity contribution in [3.63, 3.8) is 0 Å². The van der Waals surface area contributed by atoms with Gasteiger partial charge in [-0.05, 0) is 18.2 Å². The van der Waals surface area contributed by atoms with E-state index in [0.29, 0.717) is 0 Å². The summed E-state index contributed by atoms with van der Waals surface area (Å²) in [5.74, 6) is 0.942. The van der Waals surface area contributed by atoms with Gasteiger partial charge in [0.1, 0.15) is 0 Å². The van der Waals surface area contributed by atoms with Gasteiger partial charge < -0.3 is 4.74 Å². The van der Waals surface area contributed by atoms with E-state index in [1.54, 1.807) is 6.20 Å². The number of fused-ring (bicyclic) bond motifs is 3. The van der Waals surface area contributed by atoms with E-state index >= 15 is 0 Å². The number of rotatable bonds is 2. The van der Waals surface area contributed by atoms with Crippen molar-refractivity contribution < 1.29 is 4.74 Å². The van der Waals surface area contributed by atoms with Crippen molar-refractivity contribution >= 4 is 32.6 Å². The summed E-state index contributed by atoms with van der Waals surface area (Å²) in [6.45, 7) is 4.20. The highest BCUT2D eigenvalue weighted by molar-refractivity contribution is 9.10. The van der Waals surface area contributed by atoms with E-state index in [-0.39, 0.29) is 0 Å². The lowest BCUT2D eigenvalue weighted by Crippen LogP contribution is -2.36. The van der Waals surface area contributed by atoms with Gasteiger partial charge >= 0.3 is 0 Å². The highest BCUT2D eigenvalue weighted by atomic mass is 79.9. The molecule has 1 aromatic carbocycles. The Hall–Kier alpha value is -1.57.